The summed E-state index contributed by atoms with van der Waals surface area (Å²) in [7, 11) is 0. The monoisotopic (exact) mass is 255 g/mol. The Bertz CT molecular complexity index is 549. The van der Waals surface area contributed by atoms with E-state index in [4.69, 9.17) is 11.6 Å². The Morgan fingerprint density at radius 2 is 2.47 bits per heavy atom. The van der Waals surface area contributed by atoms with E-state index in [-0.39, 0.29) is 11.1 Å². The van der Waals surface area contributed by atoms with E-state index in [0.717, 1.165) is 19.4 Å². The molecule has 0 fully saturated rings. The molecule has 0 saturated heterocycles. The molecule has 17 heavy (non-hydrogen) atoms. The Morgan fingerprint density at radius 1 is 1.65 bits per heavy atom. The highest BCUT2D eigenvalue weighted by molar-refractivity contribution is 6.20. The molecule has 2 N–H and O–H groups in total. The van der Waals surface area contributed by atoms with E-state index in [1.807, 2.05) is 0 Å². The minimum atomic E-state index is -0.286. The predicted molar refractivity (Wildman–Crippen MR) is 66.6 cm³/mol. The fourth-order valence-corrected chi connectivity index (χ4v) is 1.58. The van der Waals surface area contributed by atoms with E-state index in [1.54, 1.807) is 6.07 Å². The SMILES string of the molecule is CCC(Cl)CCNc1cc2n[nH]c(=O)n2cn1. The Balaban J connectivity index is 2.02. The number of aromatic amines is 1. The second-order valence-corrected chi connectivity index (χ2v) is 4.37. The minimum Gasteiger partial charge on any atom is -0.370 e. The van der Waals surface area contributed by atoms with E-state index < -0.39 is 0 Å². The van der Waals surface area contributed by atoms with Gasteiger partial charge < -0.3 is 5.32 Å². The van der Waals surface area contributed by atoms with Crippen LogP contribution in [-0.4, -0.2) is 31.5 Å². The lowest BCUT2D eigenvalue weighted by Gasteiger charge is -2.08. The Kier molecular flexibility index (Phi) is 3.63. The van der Waals surface area contributed by atoms with Gasteiger partial charge in [0.2, 0.25) is 0 Å². The number of aromatic nitrogens is 4. The smallest absolute Gasteiger partial charge is 0.348 e. The Morgan fingerprint density at radius 3 is 3.24 bits per heavy atom. The van der Waals surface area contributed by atoms with Crippen LogP contribution in [0.5, 0.6) is 0 Å². The van der Waals surface area contributed by atoms with Crippen molar-refractivity contribution in [1.29, 1.82) is 0 Å². The van der Waals surface area contributed by atoms with Crippen LogP contribution in [0, 0.1) is 0 Å². The van der Waals surface area contributed by atoms with Crippen molar-refractivity contribution in [3.05, 3.63) is 22.9 Å². The maximum absolute atomic E-state index is 11.2. The molecule has 2 aromatic heterocycles. The summed E-state index contributed by atoms with van der Waals surface area (Å²) in [6, 6.07) is 1.72. The molecule has 6 nitrogen and oxygen atoms in total. The third-order valence-corrected chi connectivity index (χ3v) is 3.04. The maximum atomic E-state index is 11.2. The highest BCUT2D eigenvalue weighted by Gasteiger charge is 2.03. The van der Waals surface area contributed by atoms with Crippen LogP contribution in [-0.2, 0) is 0 Å². The minimum absolute atomic E-state index is 0.180. The molecule has 2 rings (SSSR count). The number of hydrogen-bond donors (Lipinski definition) is 2. The quantitative estimate of drug-likeness (QED) is 0.789. The summed E-state index contributed by atoms with van der Waals surface area (Å²) in [5.74, 6) is 0.691. The molecule has 0 amide bonds. The van der Waals surface area contributed by atoms with Crippen LogP contribution in [0.25, 0.3) is 5.65 Å². The zero-order valence-corrected chi connectivity index (χ0v) is 10.2. The van der Waals surface area contributed by atoms with Crippen molar-refractivity contribution in [2.45, 2.75) is 25.1 Å². The molecule has 0 radical (unpaired) electrons. The summed E-state index contributed by atoms with van der Waals surface area (Å²) in [4.78, 5) is 15.3. The average molecular weight is 256 g/mol. The summed E-state index contributed by atoms with van der Waals surface area (Å²) in [6.45, 7) is 2.80. The van der Waals surface area contributed by atoms with E-state index in [1.165, 1.54) is 10.7 Å². The largest absolute Gasteiger partial charge is 0.370 e. The van der Waals surface area contributed by atoms with Crippen molar-refractivity contribution in [3.63, 3.8) is 0 Å². The molecule has 0 aromatic carbocycles. The second-order valence-electron chi connectivity index (χ2n) is 3.75. The van der Waals surface area contributed by atoms with Gasteiger partial charge in [0.15, 0.2) is 5.65 Å². The van der Waals surface area contributed by atoms with Gasteiger partial charge in [-0.2, -0.15) is 5.10 Å². The molecule has 0 spiro atoms. The van der Waals surface area contributed by atoms with Gasteiger partial charge in [0.05, 0.1) is 0 Å². The number of anilines is 1. The molecule has 0 aliphatic heterocycles. The van der Waals surface area contributed by atoms with Crippen LogP contribution in [0.2, 0.25) is 0 Å². The lowest BCUT2D eigenvalue weighted by atomic mass is 10.2. The summed E-state index contributed by atoms with van der Waals surface area (Å²) >= 11 is 6.01. The molecule has 7 heteroatoms. The number of hydrogen-bond acceptors (Lipinski definition) is 4. The van der Waals surface area contributed by atoms with E-state index in [0.29, 0.717) is 11.5 Å². The Labute approximate surface area is 103 Å². The van der Waals surface area contributed by atoms with E-state index in [2.05, 4.69) is 27.4 Å². The average Bonchev–Trinajstić information content (AvgIpc) is 2.70. The van der Waals surface area contributed by atoms with Crippen molar-refractivity contribution in [2.75, 3.05) is 11.9 Å². The van der Waals surface area contributed by atoms with Gasteiger partial charge in [-0.15, -0.1) is 11.6 Å². The summed E-state index contributed by atoms with van der Waals surface area (Å²) in [5.41, 5.74) is 0.260. The zero-order valence-electron chi connectivity index (χ0n) is 9.48. The van der Waals surface area contributed by atoms with Gasteiger partial charge in [0.25, 0.3) is 0 Å². The molecule has 2 heterocycles. The summed E-state index contributed by atoms with van der Waals surface area (Å²) in [6.07, 6.45) is 3.27. The number of nitrogens with zero attached hydrogens (tertiary/aromatic N) is 3. The van der Waals surface area contributed by atoms with Gasteiger partial charge >= 0.3 is 5.69 Å². The van der Waals surface area contributed by atoms with Gasteiger partial charge in [-0.05, 0) is 12.8 Å². The predicted octanol–water partition coefficient (Wildman–Crippen LogP) is 1.24. The standard InChI is InChI=1S/C10H14ClN5O/c1-2-7(11)3-4-12-8-5-9-14-15-10(17)16(9)6-13-8/h5-7,12H,2-4H2,1H3,(H,15,17). The number of alkyl halides is 1. The lowest BCUT2D eigenvalue weighted by molar-refractivity contribution is 0.751. The third kappa shape index (κ3) is 2.76. The lowest BCUT2D eigenvalue weighted by Crippen LogP contribution is -2.12. The first-order valence-electron chi connectivity index (χ1n) is 5.51. The highest BCUT2D eigenvalue weighted by atomic mass is 35.5. The number of nitrogens with one attached hydrogen (secondary N) is 2. The van der Waals surface area contributed by atoms with Crippen LogP contribution in [0.1, 0.15) is 19.8 Å². The number of fused-ring (bicyclic) bond motifs is 1. The summed E-state index contributed by atoms with van der Waals surface area (Å²) < 4.78 is 1.35. The molecule has 0 aliphatic rings. The first-order chi connectivity index (χ1) is 8.20. The van der Waals surface area contributed by atoms with Crippen LogP contribution < -0.4 is 11.0 Å². The highest BCUT2D eigenvalue weighted by Crippen LogP contribution is 2.08. The summed E-state index contributed by atoms with van der Waals surface area (Å²) in [5, 5.41) is 9.54. The molecule has 1 atom stereocenters. The van der Waals surface area contributed by atoms with Crippen molar-refractivity contribution in [1.82, 2.24) is 19.6 Å². The molecule has 0 saturated carbocycles. The molecule has 2 aromatic rings. The topological polar surface area (TPSA) is 75.1 Å². The normalized spacial score (nSPS) is 12.8. The van der Waals surface area contributed by atoms with E-state index >= 15 is 0 Å². The molecule has 1 unspecified atom stereocenters. The first-order valence-corrected chi connectivity index (χ1v) is 5.95. The number of halogens is 1. The van der Waals surface area contributed by atoms with Crippen molar-refractivity contribution >= 4 is 23.1 Å². The molecule has 0 aliphatic carbocycles. The molecule has 92 valence electrons. The molecular weight excluding hydrogens is 242 g/mol. The first kappa shape index (κ1) is 11.9. The van der Waals surface area contributed by atoms with Crippen molar-refractivity contribution in [3.8, 4) is 0 Å². The van der Waals surface area contributed by atoms with Crippen LogP contribution in [0.3, 0.4) is 0 Å². The van der Waals surface area contributed by atoms with Crippen molar-refractivity contribution in [2.24, 2.45) is 0 Å². The van der Waals surface area contributed by atoms with Gasteiger partial charge in [-0.1, -0.05) is 6.92 Å². The second kappa shape index (κ2) is 5.18. The zero-order chi connectivity index (χ0) is 12.3. The maximum Gasteiger partial charge on any atom is 0.348 e. The molecule has 0 bridgehead atoms. The third-order valence-electron chi connectivity index (χ3n) is 2.52. The number of rotatable bonds is 5. The van der Waals surface area contributed by atoms with Crippen LogP contribution in [0.4, 0.5) is 5.82 Å². The van der Waals surface area contributed by atoms with Crippen LogP contribution in [0.15, 0.2) is 17.2 Å². The van der Waals surface area contributed by atoms with Gasteiger partial charge in [0, 0.05) is 18.0 Å². The Hall–Kier alpha value is -1.56. The van der Waals surface area contributed by atoms with Gasteiger partial charge in [-0.3, -0.25) is 0 Å². The van der Waals surface area contributed by atoms with Crippen LogP contribution >= 0.6 is 11.6 Å². The van der Waals surface area contributed by atoms with E-state index in [9.17, 15) is 4.79 Å². The number of H-pyrrole nitrogens is 1. The molecular formula is C10H14ClN5O. The van der Waals surface area contributed by atoms with Gasteiger partial charge in [-0.25, -0.2) is 19.3 Å². The van der Waals surface area contributed by atoms with Gasteiger partial charge in [0.1, 0.15) is 12.1 Å². The van der Waals surface area contributed by atoms with Crippen molar-refractivity contribution < 1.29 is 0 Å². The fourth-order valence-electron chi connectivity index (χ4n) is 1.47. The fraction of sp³-hybridized carbons (Fsp3) is 0.500.